The van der Waals surface area contributed by atoms with Crippen LogP contribution < -0.4 is 0 Å². The van der Waals surface area contributed by atoms with Gasteiger partial charge in [0.25, 0.3) is 0 Å². The number of rotatable bonds is 2. The summed E-state index contributed by atoms with van der Waals surface area (Å²) in [5, 5.41) is 12.9. The van der Waals surface area contributed by atoms with Gasteiger partial charge in [-0.3, -0.25) is 0 Å². The molecule has 90 valence electrons. The number of aliphatic hydroxyl groups excluding tert-OH is 1. The fraction of sp³-hybridized carbons (Fsp3) is 0.500. The lowest BCUT2D eigenvalue weighted by Gasteiger charge is -2.17. The Hall–Kier alpha value is -0.710. The van der Waals surface area contributed by atoms with Crippen molar-refractivity contribution >= 4 is 33.2 Å². The molecule has 0 radical (unpaired) electrons. The van der Waals surface area contributed by atoms with E-state index in [0.29, 0.717) is 17.1 Å². The SMILES string of the molecule is OC[C@@H]1CCCC1c1nc(Cl)nc2sccc12. The summed E-state index contributed by atoms with van der Waals surface area (Å²) in [4.78, 5) is 9.58. The van der Waals surface area contributed by atoms with Crippen molar-refractivity contribution < 1.29 is 5.11 Å². The van der Waals surface area contributed by atoms with E-state index >= 15 is 0 Å². The summed E-state index contributed by atoms with van der Waals surface area (Å²) in [6.07, 6.45) is 3.32. The Kier molecular flexibility index (Phi) is 3.03. The Morgan fingerprint density at radius 2 is 2.29 bits per heavy atom. The molecule has 2 aromatic rings. The van der Waals surface area contributed by atoms with Crippen molar-refractivity contribution in [1.82, 2.24) is 9.97 Å². The summed E-state index contributed by atoms with van der Waals surface area (Å²) >= 11 is 7.56. The van der Waals surface area contributed by atoms with Gasteiger partial charge in [0.15, 0.2) is 0 Å². The van der Waals surface area contributed by atoms with Gasteiger partial charge in [0.05, 0.1) is 5.69 Å². The summed E-state index contributed by atoms with van der Waals surface area (Å²) < 4.78 is 0. The van der Waals surface area contributed by atoms with Crippen LogP contribution >= 0.6 is 22.9 Å². The molecule has 5 heteroatoms. The van der Waals surface area contributed by atoms with Gasteiger partial charge in [-0.15, -0.1) is 11.3 Å². The lowest BCUT2D eigenvalue weighted by atomic mass is 9.92. The van der Waals surface area contributed by atoms with Crippen molar-refractivity contribution in [2.45, 2.75) is 25.2 Å². The van der Waals surface area contributed by atoms with E-state index in [2.05, 4.69) is 16.0 Å². The van der Waals surface area contributed by atoms with Gasteiger partial charge in [-0.05, 0) is 41.8 Å². The van der Waals surface area contributed by atoms with Gasteiger partial charge in [0.1, 0.15) is 4.83 Å². The Bertz CT molecular complexity index is 542. The van der Waals surface area contributed by atoms with E-state index in [9.17, 15) is 5.11 Å². The third kappa shape index (κ3) is 1.94. The smallest absolute Gasteiger partial charge is 0.223 e. The fourth-order valence-electron chi connectivity index (χ4n) is 2.75. The fourth-order valence-corrected chi connectivity index (χ4v) is 3.75. The quantitative estimate of drug-likeness (QED) is 0.851. The standard InChI is InChI=1S/C12H13ClN2OS/c13-12-14-10(8-3-1-2-7(8)6-16)9-4-5-17-11(9)15-12/h4-5,7-8,16H,1-3,6H2/t7-,8?/m0/s1. The molecule has 1 saturated carbocycles. The zero-order valence-corrected chi connectivity index (χ0v) is 10.8. The molecule has 0 aliphatic heterocycles. The van der Waals surface area contributed by atoms with Gasteiger partial charge in [0, 0.05) is 17.9 Å². The number of hydrogen-bond acceptors (Lipinski definition) is 4. The van der Waals surface area contributed by atoms with Gasteiger partial charge < -0.3 is 5.11 Å². The van der Waals surface area contributed by atoms with E-state index in [1.807, 2.05) is 5.38 Å². The van der Waals surface area contributed by atoms with Crippen LogP contribution in [0, 0.1) is 5.92 Å². The molecule has 2 aromatic heterocycles. The summed E-state index contributed by atoms with van der Waals surface area (Å²) in [5.74, 6) is 0.654. The molecule has 2 atom stereocenters. The zero-order valence-electron chi connectivity index (χ0n) is 9.27. The van der Waals surface area contributed by atoms with Crippen molar-refractivity contribution in [3.63, 3.8) is 0 Å². The maximum atomic E-state index is 9.42. The number of halogens is 1. The molecule has 17 heavy (non-hydrogen) atoms. The van der Waals surface area contributed by atoms with E-state index < -0.39 is 0 Å². The predicted octanol–water partition coefficient (Wildman–Crippen LogP) is 3.22. The Balaban J connectivity index is 2.12. The van der Waals surface area contributed by atoms with E-state index in [1.54, 1.807) is 11.3 Å². The van der Waals surface area contributed by atoms with Crippen LogP contribution in [0.15, 0.2) is 11.4 Å². The minimum absolute atomic E-state index is 0.234. The molecule has 1 fully saturated rings. The number of nitrogens with zero attached hydrogens (tertiary/aromatic N) is 2. The number of hydrogen-bond donors (Lipinski definition) is 1. The third-order valence-electron chi connectivity index (χ3n) is 3.57. The molecule has 0 saturated heterocycles. The summed E-state index contributed by atoms with van der Waals surface area (Å²) in [7, 11) is 0. The molecule has 1 aliphatic rings. The van der Waals surface area contributed by atoms with Crippen molar-refractivity contribution in [2.75, 3.05) is 6.61 Å². The van der Waals surface area contributed by atoms with Crippen molar-refractivity contribution in [3.8, 4) is 0 Å². The average Bonchev–Trinajstić information content (AvgIpc) is 2.95. The molecule has 3 nitrogen and oxygen atoms in total. The number of aromatic nitrogens is 2. The second-order valence-electron chi connectivity index (χ2n) is 4.50. The van der Waals surface area contributed by atoms with Crippen LogP contribution in [0.1, 0.15) is 30.9 Å². The van der Waals surface area contributed by atoms with Gasteiger partial charge >= 0.3 is 0 Å². The molecule has 1 aliphatic carbocycles. The van der Waals surface area contributed by atoms with Gasteiger partial charge in [-0.2, -0.15) is 0 Å². The van der Waals surface area contributed by atoms with Crippen LogP contribution in [0.2, 0.25) is 5.28 Å². The van der Waals surface area contributed by atoms with Crippen LogP contribution in [0.4, 0.5) is 0 Å². The van der Waals surface area contributed by atoms with Crippen LogP contribution in [0.3, 0.4) is 0 Å². The highest BCUT2D eigenvalue weighted by Gasteiger charge is 2.30. The summed E-state index contributed by atoms with van der Waals surface area (Å²) in [6.45, 7) is 0.234. The van der Waals surface area contributed by atoms with Gasteiger partial charge in [0.2, 0.25) is 5.28 Å². The molecule has 0 spiro atoms. The van der Waals surface area contributed by atoms with Crippen LogP contribution in [0.5, 0.6) is 0 Å². The van der Waals surface area contributed by atoms with Crippen molar-refractivity contribution in [2.24, 2.45) is 5.92 Å². The van der Waals surface area contributed by atoms with Crippen LogP contribution in [-0.2, 0) is 0 Å². The van der Waals surface area contributed by atoms with Crippen molar-refractivity contribution in [3.05, 3.63) is 22.4 Å². The first-order valence-corrected chi connectivity index (χ1v) is 7.07. The molecule has 1 N–H and O–H groups in total. The minimum atomic E-state index is 0.234. The molecule has 2 heterocycles. The first kappa shape index (κ1) is 11.4. The first-order chi connectivity index (χ1) is 8.29. The Labute approximate surface area is 108 Å². The molecule has 1 unspecified atom stereocenters. The number of aliphatic hydroxyl groups is 1. The minimum Gasteiger partial charge on any atom is -0.396 e. The monoisotopic (exact) mass is 268 g/mol. The Morgan fingerprint density at radius 1 is 1.41 bits per heavy atom. The van der Waals surface area contributed by atoms with Crippen molar-refractivity contribution in [1.29, 1.82) is 0 Å². The van der Waals surface area contributed by atoms with Gasteiger partial charge in [-0.25, -0.2) is 9.97 Å². The van der Waals surface area contributed by atoms with E-state index in [0.717, 1.165) is 35.2 Å². The lowest BCUT2D eigenvalue weighted by molar-refractivity contribution is 0.216. The molecule has 0 aromatic carbocycles. The Morgan fingerprint density at radius 3 is 3.12 bits per heavy atom. The number of thiophene rings is 1. The highest BCUT2D eigenvalue weighted by Crippen LogP contribution is 2.41. The second-order valence-corrected chi connectivity index (χ2v) is 5.73. The van der Waals surface area contributed by atoms with Crippen LogP contribution in [0.25, 0.3) is 10.2 Å². The van der Waals surface area contributed by atoms with Gasteiger partial charge in [-0.1, -0.05) is 6.42 Å². The highest BCUT2D eigenvalue weighted by atomic mass is 35.5. The molecular weight excluding hydrogens is 256 g/mol. The third-order valence-corrected chi connectivity index (χ3v) is 4.55. The first-order valence-electron chi connectivity index (χ1n) is 5.81. The maximum absolute atomic E-state index is 9.42. The second kappa shape index (κ2) is 4.52. The highest BCUT2D eigenvalue weighted by molar-refractivity contribution is 7.16. The predicted molar refractivity (Wildman–Crippen MR) is 69.6 cm³/mol. The lowest BCUT2D eigenvalue weighted by Crippen LogP contribution is -2.12. The molecular formula is C12H13ClN2OS. The molecule has 0 amide bonds. The largest absolute Gasteiger partial charge is 0.396 e. The topological polar surface area (TPSA) is 46.0 Å². The van der Waals surface area contributed by atoms with E-state index in [1.165, 1.54) is 0 Å². The normalized spacial score (nSPS) is 24.6. The average molecular weight is 269 g/mol. The van der Waals surface area contributed by atoms with E-state index in [4.69, 9.17) is 11.6 Å². The number of fused-ring (bicyclic) bond motifs is 1. The van der Waals surface area contributed by atoms with E-state index in [-0.39, 0.29) is 6.61 Å². The molecule has 3 rings (SSSR count). The zero-order chi connectivity index (χ0) is 11.8. The molecule has 0 bridgehead atoms. The van der Waals surface area contributed by atoms with Crippen LogP contribution in [-0.4, -0.2) is 21.7 Å². The summed E-state index contributed by atoms with van der Waals surface area (Å²) in [6, 6.07) is 2.05. The summed E-state index contributed by atoms with van der Waals surface area (Å²) in [5.41, 5.74) is 1.03. The maximum Gasteiger partial charge on any atom is 0.223 e.